The van der Waals surface area contributed by atoms with Crippen molar-refractivity contribution >= 4 is 33.9 Å². The normalized spacial score (nSPS) is 14.3. The number of nitro groups is 2. The van der Waals surface area contributed by atoms with Gasteiger partial charge in [0, 0.05) is 30.8 Å². The number of nitro benzene ring substituents is 2. The molecule has 1 aromatic carbocycles. The lowest BCUT2D eigenvalue weighted by Crippen LogP contribution is -2.20. The molecule has 1 aliphatic rings. The van der Waals surface area contributed by atoms with Gasteiger partial charge >= 0.3 is 0 Å². The average Bonchev–Trinajstić information content (AvgIpc) is 2.90. The van der Waals surface area contributed by atoms with Crippen LogP contribution in [0.15, 0.2) is 12.1 Å². The van der Waals surface area contributed by atoms with Crippen molar-refractivity contribution in [3.63, 3.8) is 0 Å². The van der Waals surface area contributed by atoms with E-state index in [1.807, 2.05) is 0 Å². The van der Waals surface area contributed by atoms with E-state index in [4.69, 9.17) is 11.6 Å². The highest BCUT2D eigenvalue weighted by Gasteiger charge is 2.33. The molecule has 0 unspecified atom stereocenters. The quantitative estimate of drug-likeness (QED) is 0.480. The highest BCUT2D eigenvalue weighted by Crippen LogP contribution is 2.40. The standard InChI is InChI=1S/C11H10ClN3O5/c12-11(16)7-5-8(14(17)18)10(9(6-7)15(19)20)13-3-1-2-4-13/h5-6H,1-4H2. The zero-order valence-electron chi connectivity index (χ0n) is 10.2. The molecule has 20 heavy (non-hydrogen) atoms. The summed E-state index contributed by atoms with van der Waals surface area (Å²) in [7, 11) is 0. The molecular formula is C11H10ClN3O5. The second-order valence-corrected chi connectivity index (χ2v) is 4.69. The number of benzene rings is 1. The van der Waals surface area contributed by atoms with Gasteiger partial charge in [0.05, 0.1) is 9.85 Å². The maximum Gasteiger partial charge on any atom is 0.300 e. The molecule has 1 fully saturated rings. The van der Waals surface area contributed by atoms with Gasteiger partial charge in [0.2, 0.25) is 0 Å². The Hall–Kier alpha value is -2.22. The number of carbonyl (C=O) groups excluding carboxylic acids is 1. The zero-order valence-corrected chi connectivity index (χ0v) is 11.0. The van der Waals surface area contributed by atoms with Gasteiger partial charge in [-0.2, -0.15) is 0 Å². The molecular weight excluding hydrogens is 290 g/mol. The van der Waals surface area contributed by atoms with Gasteiger partial charge in [0.25, 0.3) is 16.6 Å². The molecule has 1 heterocycles. The summed E-state index contributed by atoms with van der Waals surface area (Å²) in [4.78, 5) is 33.5. The third kappa shape index (κ3) is 2.55. The summed E-state index contributed by atoms with van der Waals surface area (Å²) in [5.74, 6) is 0. The van der Waals surface area contributed by atoms with Crippen molar-refractivity contribution in [3.05, 3.63) is 37.9 Å². The Morgan fingerprint density at radius 3 is 1.90 bits per heavy atom. The van der Waals surface area contributed by atoms with Crippen molar-refractivity contribution in [1.29, 1.82) is 0 Å². The number of rotatable bonds is 4. The molecule has 1 aromatic rings. The largest absolute Gasteiger partial charge is 0.360 e. The minimum absolute atomic E-state index is 0.0563. The number of halogens is 1. The Labute approximate surface area is 118 Å². The summed E-state index contributed by atoms with van der Waals surface area (Å²) in [6, 6.07) is 1.96. The molecule has 0 saturated carbocycles. The molecule has 0 bridgehead atoms. The van der Waals surface area contributed by atoms with Crippen LogP contribution < -0.4 is 4.90 Å². The Balaban J connectivity index is 2.70. The Bertz CT molecular complexity index is 563. The third-order valence-electron chi connectivity index (χ3n) is 3.11. The van der Waals surface area contributed by atoms with E-state index in [9.17, 15) is 25.0 Å². The smallest absolute Gasteiger partial charge is 0.300 e. The van der Waals surface area contributed by atoms with Crippen LogP contribution in [0.3, 0.4) is 0 Å². The fraction of sp³-hybridized carbons (Fsp3) is 0.364. The molecule has 0 aromatic heterocycles. The van der Waals surface area contributed by atoms with Gasteiger partial charge in [0.15, 0.2) is 5.69 Å². The number of anilines is 1. The van der Waals surface area contributed by atoms with E-state index in [0.717, 1.165) is 25.0 Å². The van der Waals surface area contributed by atoms with Crippen molar-refractivity contribution in [2.75, 3.05) is 18.0 Å². The summed E-state index contributed by atoms with van der Waals surface area (Å²) in [5.41, 5.74) is -1.25. The summed E-state index contributed by atoms with van der Waals surface area (Å²) in [6.07, 6.45) is 1.62. The Morgan fingerprint density at radius 1 is 1.10 bits per heavy atom. The molecule has 8 nitrogen and oxygen atoms in total. The van der Waals surface area contributed by atoms with Crippen molar-refractivity contribution < 1.29 is 14.6 Å². The molecule has 0 radical (unpaired) electrons. The van der Waals surface area contributed by atoms with Crippen LogP contribution in [0.4, 0.5) is 17.1 Å². The fourth-order valence-corrected chi connectivity index (χ4v) is 2.37. The summed E-state index contributed by atoms with van der Waals surface area (Å²) in [6.45, 7) is 1.02. The lowest BCUT2D eigenvalue weighted by Gasteiger charge is -2.17. The van der Waals surface area contributed by atoms with Crippen LogP contribution in [-0.4, -0.2) is 28.2 Å². The van der Waals surface area contributed by atoms with Crippen molar-refractivity contribution in [2.24, 2.45) is 0 Å². The summed E-state index contributed by atoms with van der Waals surface area (Å²) >= 11 is 5.27. The Kier molecular flexibility index (Phi) is 3.84. The fourth-order valence-electron chi connectivity index (χ4n) is 2.26. The third-order valence-corrected chi connectivity index (χ3v) is 3.33. The molecule has 0 atom stereocenters. The molecule has 0 spiro atoms. The van der Waals surface area contributed by atoms with E-state index in [0.29, 0.717) is 13.1 Å². The number of nitrogens with zero attached hydrogens (tertiary/aromatic N) is 3. The summed E-state index contributed by atoms with van der Waals surface area (Å²) < 4.78 is 0. The summed E-state index contributed by atoms with van der Waals surface area (Å²) in [5, 5.41) is 21.3. The van der Waals surface area contributed by atoms with Crippen molar-refractivity contribution in [3.8, 4) is 0 Å². The molecule has 0 aliphatic carbocycles. The highest BCUT2D eigenvalue weighted by atomic mass is 35.5. The minimum Gasteiger partial charge on any atom is -0.360 e. The predicted octanol–water partition coefficient (Wildman–Crippen LogP) is 2.48. The minimum atomic E-state index is -0.968. The van der Waals surface area contributed by atoms with E-state index >= 15 is 0 Å². The van der Waals surface area contributed by atoms with Gasteiger partial charge in [-0.25, -0.2) is 0 Å². The second-order valence-electron chi connectivity index (χ2n) is 4.35. The first kappa shape index (κ1) is 14.2. The Morgan fingerprint density at radius 2 is 1.55 bits per heavy atom. The van der Waals surface area contributed by atoms with E-state index in [2.05, 4.69) is 0 Å². The first-order valence-corrected chi connectivity index (χ1v) is 6.21. The molecule has 1 saturated heterocycles. The van der Waals surface area contributed by atoms with Gasteiger partial charge in [0.1, 0.15) is 0 Å². The van der Waals surface area contributed by atoms with Crippen LogP contribution in [-0.2, 0) is 0 Å². The van der Waals surface area contributed by atoms with Crippen LogP contribution in [0.5, 0.6) is 0 Å². The van der Waals surface area contributed by atoms with Crippen LogP contribution in [0.1, 0.15) is 23.2 Å². The van der Waals surface area contributed by atoms with Crippen molar-refractivity contribution in [2.45, 2.75) is 12.8 Å². The first-order chi connectivity index (χ1) is 9.41. The lowest BCUT2D eigenvalue weighted by atomic mass is 10.1. The van der Waals surface area contributed by atoms with Gasteiger partial charge in [-0.3, -0.25) is 25.0 Å². The van der Waals surface area contributed by atoms with E-state index in [-0.39, 0.29) is 11.3 Å². The molecule has 0 amide bonds. The average molecular weight is 300 g/mol. The van der Waals surface area contributed by atoms with Crippen LogP contribution >= 0.6 is 11.6 Å². The monoisotopic (exact) mass is 299 g/mol. The van der Waals surface area contributed by atoms with E-state index < -0.39 is 26.5 Å². The van der Waals surface area contributed by atoms with Gasteiger partial charge in [-0.1, -0.05) is 0 Å². The highest BCUT2D eigenvalue weighted by molar-refractivity contribution is 6.67. The van der Waals surface area contributed by atoms with E-state index in [1.165, 1.54) is 0 Å². The predicted molar refractivity (Wildman–Crippen MR) is 71.4 cm³/mol. The molecule has 1 aliphatic heterocycles. The topological polar surface area (TPSA) is 107 Å². The maximum absolute atomic E-state index is 11.1. The molecule has 2 rings (SSSR count). The number of hydrogen-bond donors (Lipinski definition) is 0. The zero-order chi connectivity index (χ0) is 14.9. The molecule has 106 valence electrons. The van der Waals surface area contributed by atoms with E-state index in [1.54, 1.807) is 4.90 Å². The number of hydrogen-bond acceptors (Lipinski definition) is 6. The molecule has 9 heteroatoms. The van der Waals surface area contributed by atoms with Gasteiger partial charge in [-0.15, -0.1) is 0 Å². The first-order valence-electron chi connectivity index (χ1n) is 5.83. The second kappa shape index (κ2) is 5.41. The molecule has 0 N–H and O–H groups in total. The lowest BCUT2D eigenvalue weighted by molar-refractivity contribution is -0.392. The SMILES string of the molecule is O=C(Cl)c1cc([N+](=O)[O-])c(N2CCCC2)c([N+](=O)[O-])c1. The van der Waals surface area contributed by atoms with Crippen LogP contribution in [0.2, 0.25) is 0 Å². The van der Waals surface area contributed by atoms with Crippen molar-refractivity contribution in [1.82, 2.24) is 0 Å². The van der Waals surface area contributed by atoms with Crippen LogP contribution in [0, 0.1) is 20.2 Å². The van der Waals surface area contributed by atoms with Gasteiger partial charge < -0.3 is 4.90 Å². The van der Waals surface area contributed by atoms with Crippen LogP contribution in [0.25, 0.3) is 0 Å². The number of carbonyl (C=O) groups is 1. The van der Waals surface area contributed by atoms with Gasteiger partial charge in [-0.05, 0) is 24.4 Å². The maximum atomic E-state index is 11.1.